The number of carbonyl (C=O) groups excluding carboxylic acids is 1. The number of likely N-dealkylation sites (N-methyl/N-ethyl adjacent to an activating group) is 1. The Hall–Kier alpha value is -0.830. The van der Waals surface area contributed by atoms with E-state index < -0.39 is 0 Å². The van der Waals surface area contributed by atoms with Crippen LogP contribution >= 0.6 is 0 Å². The molecule has 0 unspecified atom stereocenters. The van der Waals surface area contributed by atoms with Crippen molar-refractivity contribution in [1.82, 2.24) is 10.6 Å². The van der Waals surface area contributed by atoms with E-state index in [0.717, 1.165) is 0 Å². The molecule has 0 fully saturated rings. The summed E-state index contributed by atoms with van der Waals surface area (Å²) in [4.78, 5) is 10.6. The number of rotatable bonds is 4. The minimum absolute atomic E-state index is 0.00241. The van der Waals surface area contributed by atoms with Gasteiger partial charge < -0.3 is 10.6 Å². The minimum atomic E-state index is -0.00241. The van der Waals surface area contributed by atoms with Crippen molar-refractivity contribution in [2.45, 2.75) is 0 Å². The predicted molar refractivity (Wildman–Crippen MR) is 37.1 cm³/mol. The second kappa shape index (κ2) is 5.31. The molecule has 2 N–H and O–H groups in total. The van der Waals surface area contributed by atoms with E-state index in [1.807, 2.05) is 0 Å². The largest absolute Gasteiger partial charge is 0.352 e. The fourth-order valence-corrected chi connectivity index (χ4v) is 0.409. The molecule has 0 aromatic heterocycles. The average molecular weight is 128 g/mol. The first-order valence-corrected chi connectivity index (χ1v) is 2.83. The van der Waals surface area contributed by atoms with Crippen LogP contribution in [-0.4, -0.2) is 26.0 Å². The number of nitrogens with one attached hydrogen (secondary N) is 2. The summed E-state index contributed by atoms with van der Waals surface area (Å²) in [6.45, 7) is 4.37. The van der Waals surface area contributed by atoms with Crippen molar-refractivity contribution in [2.75, 3.05) is 20.1 Å². The van der Waals surface area contributed by atoms with Crippen LogP contribution in [-0.2, 0) is 4.79 Å². The van der Waals surface area contributed by atoms with Crippen molar-refractivity contribution in [3.05, 3.63) is 12.7 Å². The van der Waals surface area contributed by atoms with Crippen LogP contribution in [0.5, 0.6) is 0 Å². The first-order chi connectivity index (χ1) is 4.31. The predicted octanol–water partition coefficient (Wildman–Crippen LogP) is -0.492. The van der Waals surface area contributed by atoms with E-state index in [4.69, 9.17) is 0 Å². The van der Waals surface area contributed by atoms with E-state index in [9.17, 15) is 4.79 Å². The van der Waals surface area contributed by atoms with Crippen molar-refractivity contribution in [3.63, 3.8) is 0 Å². The normalized spacial score (nSPS) is 8.56. The SMILES string of the molecule is C=CCNC(=O)CNC. The molecule has 0 saturated heterocycles. The molecule has 0 bridgehead atoms. The lowest BCUT2D eigenvalue weighted by molar-refractivity contribution is -0.119. The maximum atomic E-state index is 10.6. The first-order valence-electron chi connectivity index (χ1n) is 2.83. The topological polar surface area (TPSA) is 41.1 Å². The van der Waals surface area contributed by atoms with E-state index in [1.165, 1.54) is 0 Å². The Morgan fingerprint density at radius 1 is 1.78 bits per heavy atom. The van der Waals surface area contributed by atoms with Crippen LogP contribution in [0, 0.1) is 0 Å². The van der Waals surface area contributed by atoms with E-state index in [2.05, 4.69) is 17.2 Å². The molecule has 0 rings (SSSR count). The maximum Gasteiger partial charge on any atom is 0.234 e. The van der Waals surface area contributed by atoms with Gasteiger partial charge in [-0.1, -0.05) is 6.08 Å². The second-order valence-corrected chi connectivity index (χ2v) is 1.62. The molecule has 0 heterocycles. The van der Waals surface area contributed by atoms with Crippen LogP contribution in [0.1, 0.15) is 0 Å². The van der Waals surface area contributed by atoms with Gasteiger partial charge in [0.15, 0.2) is 0 Å². The Morgan fingerprint density at radius 3 is 2.89 bits per heavy atom. The molecule has 0 atom stereocenters. The number of hydrogen-bond donors (Lipinski definition) is 2. The molecule has 0 aromatic carbocycles. The summed E-state index contributed by atoms with van der Waals surface area (Å²) >= 11 is 0. The van der Waals surface area contributed by atoms with E-state index in [0.29, 0.717) is 13.1 Å². The van der Waals surface area contributed by atoms with Gasteiger partial charge in [-0.15, -0.1) is 6.58 Å². The average Bonchev–Trinajstić information content (AvgIpc) is 1.85. The van der Waals surface area contributed by atoms with Crippen LogP contribution in [0.3, 0.4) is 0 Å². The highest BCUT2D eigenvalue weighted by Crippen LogP contribution is 1.62. The van der Waals surface area contributed by atoms with Crippen molar-refractivity contribution < 1.29 is 4.79 Å². The van der Waals surface area contributed by atoms with Gasteiger partial charge >= 0.3 is 0 Å². The molecule has 52 valence electrons. The lowest BCUT2D eigenvalue weighted by atomic mass is 10.5. The van der Waals surface area contributed by atoms with Gasteiger partial charge in [-0.2, -0.15) is 0 Å². The summed E-state index contributed by atoms with van der Waals surface area (Å²) in [5.41, 5.74) is 0. The fraction of sp³-hybridized carbons (Fsp3) is 0.500. The van der Waals surface area contributed by atoms with Crippen molar-refractivity contribution in [1.29, 1.82) is 0 Å². The third kappa shape index (κ3) is 5.03. The summed E-state index contributed by atoms with van der Waals surface area (Å²) in [6.07, 6.45) is 1.65. The van der Waals surface area contributed by atoms with Crippen LogP contribution < -0.4 is 10.6 Å². The van der Waals surface area contributed by atoms with Gasteiger partial charge in [-0.05, 0) is 7.05 Å². The van der Waals surface area contributed by atoms with Gasteiger partial charge in [-0.3, -0.25) is 4.79 Å². The second-order valence-electron chi connectivity index (χ2n) is 1.62. The lowest BCUT2D eigenvalue weighted by Gasteiger charge is -1.98. The molecule has 0 radical (unpaired) electrons. The van der Waals surface area contributed by atoms with Crippen molar-refractivity contribution in [2.24, 2.45) is 0 Å². The van der Waals surface area contributed by atoms with Gasteiger partial charge in [-0.25, -0.2) is 0 Å². The van der Waals surface area contributed by atoms with Crippen LogP contribution in [0.2, 0.25) is 0 Å². The molecule has 0 aliphatic carbocycles. The van der Waals surface area contributed by atoms with E-state index >= 15 is 0 Å². The molecule has 0 aliphatic heterocycles. The molecule has 3 nitrogen and oxygen atoms in total. The Bertz CT molecular complexity index is 101. The monoisotopic (exact) mass is 128 g/mol. The third-order valence-corrected chi connectivity index (χ3v) is 0.781. The maximum absolute atomic E-state index is 10.6. The standard InChI is InChI=1S/C6H12N2O/c1-3-4-8-6(9)5-7-2/h3,7H,1,4-5H2,2H3,(H,8,9). The summed E-state index contributed by atoms with van der Waals surface area (Å²) in [5, 5.41) is 5.34. The van der Waals surface area contributed by atoms with E-state index in [1.54, 1.807) is 13.1 Å². The highest BCUT2D eigenvalue weighted by atomic mass is 16.1. The highest BCUT2D eigenvalue weighted by Gasteiger charge is 1.92. The third-order valence-electron chi connectivity index (χ3n) is 0.781. The van der Waals surface area contributed by atoms with Gasteiger partial charge in [0.05, 0.1) is 6.54 Å². The molecular weight excluding hydrogens is 116 g/mol. The van der Waals surface area contributed by atoms with Gasteiger partial charge in [0, 0.05) is 6.54 Å². The van der Waals surface area contributed by atoms with Crippen LogP contribution in [0.4, 0.5) is 0 Å². The molecule has 0 spiro atoms. The summed E-state index contributed by atoms with van der Waals surface area (Å²) in [5.74, 6) is -0.00241. The summed E-state index contributed by atoms with van der Waals surface area (Å²) in [7, 11) is 1.73. The Morgan fingerprint density at radius 2 is 2.44 bits per heavy atom. The molecule has 9 heavy (non-hydrogen) atoms. The van der Waals surface area contributed by atoms with Crippen molar-refractivity contribution >= 4 is 5.91 Å². The first kappa shape index (κ1) is 8.17. The van der Waals surface area contributed by atoms with Crippen LogP contribution in [0.25, 0.3) is 0 Å². The Kier molecular flexibility index (Phi) is 4.82. The molecule has 1 amide bonds. The minimum Gasteiger partial charge on any atom is -0.352 e. The molecule has 0 saturated carbocycles. The van der Waals surface area contributed by atoms with Gasteiger partial charge in [0.2, 0.25) is 5.91 Å². The molecular formula is C6H12N2O. The van der Waals surface area contributed by atoms with Gasteiger partial charge in [0.1, 0.15) is 0 Å². The smallest absolute Gasteiger partial charge is 0.234 e. The highest BCUT2D eigenvalue weighted by molar-refractivity contribution is 5.78. The zero-order valence-electron chi connectivity index (χ0n) is 5.61. The Balaban J connectivity index is 3.16. The number of amides is 1. The van der Waals surface area contributed by atoms with Crippen molar-refractivity contribution in [3.8, 4) is 0 Å². The quantitative estimate of drug-likeness (QED) is 0.501. The molecule has 3 heteroatoms. The number of hydrogen-bond acceptors (Lipinski definition) is 2. The summed E-state index contributed by atoms with van der Waals surface area (Å²) < 4.78 is 0. The van der Waals surface area contributed by atoms with Gasteiger partial charge in [0.25, 0.3) is 0 Å². The number of carbonyl (C=O) groups is 1. The zero-order valence-corrected chi connectivity index (χ0v) is 5.61. The Labute approximate surface area is 55.1 Å². The van der Waals surface area contributed by atoms with Crippen LogP contribution in [0.15, 0.2) is 12.7 Å². The zero-order chi connectivity index (χ0) is 7.11. The molecule has 0 aliphatic rings. The lowest BCUT2D eigenvalue weighted by Crippen LogP contribution is -2.31. The van der Waals surface area contributed by atoms with E-state index in [-0.39, 0.29) is 5.91 Å². The molecule has 0 aromatic rings. The summed E-state index contributed by atoms with van der Waals surface area (Å²) in [6, 6.07) is 0. The fourth-order valence-electron chi connectivity index (χ4n) is 0.409.